The summed E-state index contributed by atoms with van der Waals surface area (Å²) >= 11 is 3.23. The largest absolute Gasteiger partial charge is 0.356 e. The molecule has 0 aromatic heterocycles. The molecule has 144 valence electrons. The summed E-state index contributed by atoms with van der Waals surface area (Å²) in [4.78, 5) is 4.07. The van der Waals surface area contributed by atoms with E-state index in [0.717, 1.165) is 10.9 Å². The van der Waals surface area contributed by atoms with Crippen LogP contribution in [0.25, 0.3) is 0 Å². The van der Waals surface area contributed by atoms with Crippen LogP contribution in [0, 0.1) is 5.82 Å². The first-order valence-corrected chi connectivity index (χ1v) is 10.3. The lowest BCUT2D eigenvalue weighted by Gasteiger charge is -2.24. The lowest BCUT2D eigenvalue weighted by Crippen LogP contribution is -2.47. The molecular weight excluding hydrogens is 524 g/mol. The van der Waals surface area contributed by atoms with Gasteiger partial charge in [-0.15, -0.1) is 24.0 Å². The second kappa shape index (κ2) is 10.7. The number of nitrogens with one attached hydrogen (secondary N) is 2. The van der Waals surface area contributed by atoms with Crippen LogP contribution in [0.1, 0.15) is 25.8 Å². The summed E-state index contributed by atoms with van der Waals surface area (Å²) in [6.45, 7) is 4.19. The van der Waals surface area contributed by atoms with E-state index in [9.17, 15) is 12.8 Å². The normalized spacial score (nSPS) is 12.5. The van der Waals surface area contributed by atoms with Crippen molar-refractivity contribution in [2.75, 3.05) is 26.4 Å². The third-order valence-electron chi connectivity index (χ3n) is 3.84. The lowest BCUT2D eigenvalue weighted by molar-refractivity contribution is 0.544. The van der Waals surface area contributed by atoms with Gasteiger partial charge in [0.2, 0.25) is 0 Å². The molecule has 0 bridgehead atoms. The number of aryl methyl sites for hydroxylation is 1. The van der Waals surface area contributed by atoms with Gasteiger partial charge in [0.25, 0.3) is 0 Å². The minimum atomic E-state index is -3.17. The Morgan fingerprint density at radius 1 is 1.32 bits per heavy atom. The minimum absolute atomic E-state index is 0. The third-order valence-corrected chi connectivity index (χ3v) is 6.48. The fourth-order valence-corrected chi connectivity index (χ4v) is 2.53. The first kappa shape index (κ1) is 24.6. The van der Waals surface area contributed by atoms with E-state index in [2.05, 4.69) is 31.6 Å². The zero-order valence-electron chi connectivity index (χ0n) is 14.9. The maximum absolute atomic E-state index is 13.7. The van der Waals surface area contributed by atoms with Gasteiger partial charge in [0, 0.05) is 30.9 Å². The molecule has 1 aromatic carbocycles. The summed E-state index contributed by atoms with van der Waals surface area (Å²) in [5, 5.41) is 6.12. The van der Waals surface area contributed by atoms with E-state index in [0.29, 0.717) is 24.5 Å². The molecule has 0 aliphatic heterocycles. The summed E-state index contributed by atoms with van der Waals surface area (Å²) < 4.78 is 36.9. The minimum Gasteiger partial charge on any atom is -0.356 e. The summed E-state index contributed by atoms with van der Waals surface area (Å²) in [6.07, 6.45) is 2.56. The molecule has 9 heteroatoms. The van der Waals surface area contributed by atoms with Gasteiger partial charge in [-0.1, -0.05) is 22.0 Å². The molecule has 25 heavy (non-hydrogen) atoms. The van der Waals surface area contributed by atoms with Crippen molar-refractivity contribution in [1.82, 2.24) is 10.6 Å². The number of sulfone groups is 1. The van der Waals surface area contributed by atoms with Gasteiger partial charge in [0.05, 0.1) is 4.75 Å². The Kier molecular flexibility index (Phi) is 10.5. The standard InChI is InChI=1S/C16H25BrFN3O2S.HI/c1-16(2,24(4,22)23)11-21-15(19-3)20-9-5-6-12-7-8-13(17)10-14(12)18;/h7-8,10H,5-6,9,11H2,1-4H3,(H2,19,20,21);1H. The van der Waals surface area contributed by atoms with Crippen LogP contribution in [-0.4, -0.2) is 45.5 Å². The Labute approximate surface area is 175 Å². The van der Waals surface area contributed by atoms with Gasteiger partial charge < -0.3 is 10.6 Å². The van der Waals surface area contributed by atoms with Crippen molar-refractivity contribution < 1.29 is 12.8 Å². The van der Waals surface area contributed by atoms with Crippen LogP contribution in [-0.2, 0) is 16.3 Å². The van der Waals surface area contributed by atoms with Crippen molar-refractivity contribution in [3.63, 3.8) is 0 Å². The highest BCUT2D eigenvalue weighted by atomic mass is 127. The summed E-state index contributed by atoms with van der Waals surface area (Å²) in [7, 11) is -1.54. The number of hydrogen-bond donors (Lipinski definition) is 2. The number of halogens is 3. The molecule has 0 spiro atoms. The van der Waals surface area contributed by atoms with E-state index < -0.39 is 14.6 Å². The highest BCUT2D eigenvalue weighted by Crippen LogP contribution is 2.16. The molecule has 0 radical (unpaired) electrons. The zero-order valence-corrected chi connectivity index (χ0v) is 19.6. The maximum atomic E-state index is 13.7. The first-order valence-electron chi connectivity index (χ1n) is 7.65. The average molecular weight is 550 g/mol. The first-order chi connectivity index (χ1) is 11.1. The van der Waals surface area contributed by atoms with Crippen LogP contribution in [0.2, 0.25) is 0 Å². The smallest absolute Gasteiger partial charge is 0.191 e. The molecular formula is C16H26BrFIN3O2S. The highest BCUT2D eigenvalue weighted by Gasteiger charge is 2.30. The Balaban J connectivity index is 0.00000576. The summed E-state index contributed by atoms with van der Waals surface area (Å²) in [5.74, 6) is 0.310. The second-order valence-corrected chi connectivity index (χ2v) is 9.79. The maximum Gasteiger partial charge on any atom is 0.191 e. The van der Waals surface area contributed by atoms with E-state index in [4.69, 9.17) is 0 Å². The fraction of sp³-hybridized carbons (Fsp3) is 0.562. The Morgan fingerprint density at radius 2 is 1.96 bits per heavy atom. The predicted octanol–water partition coefficient (Wildman–Crippen LogP) is 3.13. The van der Waals surface area contributed by atoms with E-state index in [1.165, 1.54) is 12.3 Å². The van der Waals surface area contributed by atoms with Crippen molar-refractivity contribution in [3.8, 4) is 0 Å². The Bertz CT molecular complexity index is 697. The zero-order chi connectivity index (χ0) is 18.4. The molecule has 0 saturated heterocycles. The van der Waals surface area contributed by atoms with Gasteiger partial charge in [0.1, 0.15) is 5.82 Å². The highest BCUT2D eigenvalue weighted by molar-refractivity contribution is 14.0. The molecule has 5 nitrogen and oxygen atoms in total. The van der Waals surface area contributed by atoms with Crippen LogP contribution in [0.15, 0.2) is 27.7 Å². The molecule has 0 saturated carbocycles. The van der Waals surface area contributed by atoms with Crippen LogP contribution in [0.5, 0.6) is 0 Å². The Hall–Kier alpha value is -0.420. The number of hydrogen-bond acceptors (Lipinski definition) is 3. The fourth-order valence-electron chi connectivity index (χ4n) is 1.86. The van der Waals surface area contributed by atoms with E-state index in [1.807, 2.05) is 6.07 Å². The van der Waals surface area contributed by atoms with Gasteiger partial charge in [0.15, 0.2) is 15.8 Å². The molecule has 2 N–H and O–H groups in total. The molecule has 1 rings (SSSR count). The third kappa shape index (κ3) is 8.21. The van der Waals surface area contributed by atoms with E-state index in [-0.39, 0.29) is 36.3 Å². The number of rotatable bonds is 7. The quantitative estimate of drug-likeness (QED) is 0.237. The van der Waals surface area contributed by atoms with Crippen molar-refractivity contribution in [3.05, 3.63) is 34.1 Å². The molecule has 0 amide bonds. The van der Waals surface area contributed by atoms with Gasteiger partial charge in [-0.3, -0.25) is 4.99 Å². The van der Waals surface area contributed by atoms with E-state index >= 15 is 0 Å². The lowest BCUT2D eigenvalue weighted by atomic mass is 10.1. The van der Waals surface area contributed by atoms with Crippen LogP contribution in [0.3, 0.4) is 0 Å². The molecule has 1 aromatic rings. The molecule has 0 aliphatic rings. The molecule has 0 fully saturated rings. The SMILES string of the molecule is CN=C(NCCCc1ccc(Br)cc1F)NCC(C)(C)S(C)(=O)=O.I. The number of nitrogens with zero attached hydrogens (tertiary/aromatic N) is 1. The number of benzene rings is 1. The average Bonchev–Trinajstić information content (AvgIpc) is 2.47. The van der Waals surface area contributed by atoms with Gasteiger partial charge in [-0.05, 0) is 44.4 Å². The molecule has 0 atom stereocenters. The van der Waals surface area contributed by atoms with Gasteiger partial charge in [-0.25, -0.2) is 12.8 Å². The molecule has 0 unspecified atom stereocenters. The number of guanidine groups is 1. The van der Waals surface area contributed by atoms with E-state index in [1.54, 1.807) is 27.0 Å². The van der Waals surface area contributed by atoms with Crippen LogP contribution < -0.4 is 10.6 Å². The van der Waals surface area contributed by atoms with Crippen molar-refractivity contribution in [1.29, 1.82) is 0 Å². The van der Waals surface area contributed by atoms with Gasteiger partial charge in [-0.2, -0.15) is 0 Å². The number of aliphatic imine (C=N–C) groups is 1. The monoisotopic (exact) mass is 549 g/mol. The van der Waals surface area contributed by atoms with Crippen LogP contribution >= 0.6 is 39.9 Å². The van der Waals surface area contributed by atoms with Gasteiger partial charge >= 0.3 is 0 Å². The van der Waals surface area contributed by atoms with Crippen molar-refractivity contribution in [2.24, 2.45) is 4.99 Å². The second-order valence-electron chi connectivity index (χ2n) is 6.22. The molecule has 0 heterocycles. The Morgan fingerprint density at radius 3 is 2.48 bits per heavy atom. The molecule has 0 aliphatic carbocycles. The topological polar surface area (TPSA) is 70.6 Å². The summed E-state index contributed by atoms with van der Waals surface area (Å²) in [5.41, 5.74) is 0.668. The van der Waals surface area contributed by atoms with Crippen molar-refractivity contribution >= 4 is 55.7 Å². The van der Waals surface area contributed by atoms with Crippen LogP contribution in [0.4, 0.5) is 4.39 Å². The van der Waals surface area contributed by atoms with Crippen molar-refractivity contribution in [2.45, 2.75) is 31.4 Å². The summed E-state index contributed by atoms with van der Waals surface area (Å²) in [6, 6.07) is 5.04. The predicted molar refractivity (Wildman–Crippen MR) is 116 cm³/mol.